The number of rotatable bonds is 5. The van der Waals surface area contributed by atoms with Crippen molar-refractivity contribution in [2.24, 2.45) is 0 Å². The van der Waals surface area contributed by atoms with Crippen molar-refractivity contribution in [2.75, 3.05) is 5.75 Å². The fourth-order valence-electron chi connectivity index (χ4n) is 1.64. The standard InChI is InChI=1S/C14H22OS/c1-5-14(4,15)10-16-9-13-7-11(2)6-12(3)8-13/h6-8,15H,5,9-10H2,1-4H3. The molecule has 1 nitrogen and oxygen atoms in total. The minimum atomic E-state index is -0.524. The summed E-state index contributed by atoms with van der Waals surface area (Å²) in [5.41, 5.74) is 3.47. The van der Waals surface area contributed by atoms with Gasteiger partial charge in [0.1, 0.15) is 0 Å². The van der Waals surface area contributed by atoms with Crippen LogP contribution < -0.4 is 0 Å². The fourth-order valence-corrected chi connectivity index (χ4v) is 2.79. The SMILES string of the molecule is CCC(C)(O)CSCc1cc(C)cc(C)c1. The molecule has 0 aliphatic heterocycles. The Labute approximate surface area is 103 Å². The second-order valence-electron chi connectivity index (χ2n) is 4.84. The monoisotopic (exact) mass is 238 g/mol. The summed E-state index contributed by atoms with van der Waals surface area (Å²) < 4.78 is 0. The van der Waals surface area contributed by atoms with Crippen LogP contribution in [0.15, 0.2) is 18.2 Å². The maximum atomic E-state index is 9.89. The van der Waals surface area contributed by atoms with Crippen LogP contribution in [0.3, 0.4) is 0 Å². The van der Waals surface area contributed by atoms with Gasteiger partial charge in [0.15, 0.2) is 0 Å². The average Bonchev–Trinajstić information content (AvgIpc) is 2.16. The van der Waals surface area contributed by atoms with Crippen molar-refractivity contribution in [2.45, 2.75) is 45.5 Å². The molecular formula is C14H22OS. The second-order valence-corrected chi connectivity index (χ2v) is 5.82. The van der Waals surface area contributed by atoms with Gasteiger partial charge in [-0.2, -0.15) is 11.8 Å². The number of hydrogen-bond donors (Lipinski definition) is 1. The smallest absolute Gasteiger partial charge is 0.0707 e. The van der Waals surface area contributed by atoms with Crippen LogP contribution in [0.1, 0.15) is 37.0 Å². The average molecular weight is 238 g/mol. The fraction of sp³-hybridized carbons (Fsp3) is 0.571. The highest BCUT2D eigenvalue weighted by Crippen LogP contribution is 2.21. The van der Waals surface area contributed by atoms with Gasteiger partial charge < -0.3 is 5.11 Å². The van der Waals surface area contributed by atoms with Crippen LogP contribution in [0.4, 0.5) is 0 Å². The van der Waals surface area contributed by atoms with Crippen LogP contribution in [-0.2, 0) is 5.75 Å². The van der Waals surface area contributed by atoms with Crippen molar-refractivity contribution in [3.05, 3.63) is 34.9 Å². The lowest BCUT2D eigenvalue weighted by Crippen LogP contribution is -2.25. The molecule has 0 heterocycles. The number of aliphatic hydroxyl groups is 1. The van der Waals surface area contributed by atoms with Crippen molar-refractivity contribution in [1.82, 2.24) is 0 Å². The molecule has 0 saturated carbocycles. The molecule has 1 N–H and O–H groups in total. The minimum absolute atomic E-state index is 0.524. The highest BCUT2D eigenvalue weighted by atomic mass is 32.2. The van der Waals surface area contributed by atoms with Gasteiger partial charge in [0.2, 0.25) is 0 Å². The van der Waals surface area contributed by atoms with E-state index in [0.29, 0.717) is 0 Å². The first-order chi connectivity index (χ1) is 7.43. The van der Waals surface area contributed by atoms with Gasteiger partial charge in [0, 0.05) is 11.5 Å². The molecule has 0 aliphatic carbocycles. The van der Waals surface area contributed by atoms with Gasteiger partial charge in [-0.25, -0.2) is 0 Å². The van der Waals surface area contributed by atoms with Crippen molar-refractivity contribution < 1.29 is 5.11 Å². The lowest BCUT2D eigenvalue weighted by molar-refractivity contribution is 0.0816. The summed E-state index contributed by atoms with van der Waals surface area (Å²) in [6.07, 6.45) is 0.812. The van der Waals surface area contributed by atoms with Crippen LogP contribution in [0.25, 0.3) is 0 Å². The molecule has 0 aromatic heterocycles. The number of hydrogen-bond acceptors (Lipinski definition) is 2. The highest BCUT2D eigenvalue weighted by molar-refractivity contribution is 7.98. The Hall–Kier alpha value is -0.470. The molecule has 16 heavy (non-hydrogen) atoms. The van der Waals surface area contributed by atoms with E-state index in [4.69, 9.17) is 0 Å². The van der Waals surface area contributed by atoms with Crippen LogP contribution in [-0.4, -0.2) is 16.5 Å². The third kappa shape index (κ3) is 4.58. The molecule has 0 amide bonds. The van der Waals surface area contributed by atoms with E-state index < -0.39 is 5.60 Å². The maximum absolute atomic E-state index is 9.89. The summed E-state index contributed by atoms with van der Waals surface area (Å²) in [6.45, 7) is 8.19. The Bertz CT molecular complexity index is 324. The molecule has 1 aromatic carbocycles. The van der Waals surface area contributed by atoms with Gasteiger partial charge in [0.25, 0.3) is 0 Å². The summed E-state index contributed by atoms with van der Waals surface area (Å²) in [4.78, 5) is 0. The van der Waals surface area contributed by atoms with E-state index in [-0.39, 0.29) is 0 Å². The summed E-state index contributed by atoms with van der Waals surface area (Å²) in [5.74, 6) is 1.79. The molecule has 0 bridgehead atoms. The van der Waals surface area contributed by atoms with Crippen molar-refractivity contribution >= 4 is 11.8 Å². The summed E-state index contributed by atoms with van der Waals surface area (Å²) in [5, 5.41) is 9.89. The topological polar surface area (TPSA) is 20.2 Å². The number of benzene rings is 1. The van der Waals surface area contributed by atoms with Gasteiger partial charge in [0.05, 0.1) is 5.60 Å². The Morgan fingerprint density at radius 3 is 2.25 bits per heavy atom. The van der Waals surface area contributed by atoms with Crippen molar-refractivity contribution in [1.29, 1.82) is 0 Å². The molecule has 1 rings (SSSR count). The Morgan fingerprint density at radius 1 is 1.19 bits per heavy atom. The first-order valence-corrected chi connectivity index (χ1v) is 6.96. The van der Waals surface area contributed by atoms with E-state index in [1.165, 1.54) is 16.7 Å². The van der Waals surface area contributed by atoms with E-state index >= 15 is 0 Å². The minimum Gasteiger partial charge on any atom is -0.389 e. The molecule has 1 atom stereocenters. The van der Waals surface area contributed by atoms with Crippen LogP contribution in [0.5, 0.6) is 0 Å². The molecule has 1 aromatic rings. The summed E-state index contributed by atoms with van der Waals surface area (Å²) in [6, 6.07) is 6.64. The second kappa shape index (κ2) is 5.74. The highest BCUT2D eigenvalue weighted by Gasteiger charge is 2.16. The van der Waals surface area contributed by atoms with Crippen molar-refractivity contribution in [3.8, 4) is 0 Å². The molecular weight excluding hydrogens is 216 g/mol. The van der Waals surface area contributed by atoms with E-state index in [9.17, 15) is 5.11 Å². The third-order valence-corrected chi connectivity index (χ3v) is 4.09. The van der Waals surface area contributed by atoms with Crippen molar-refractivity contribution in [3.63, 3.8) is 0 Å². The lowest BCUT2D eigenvalue weighted by Gasteiger charge is -2.20. The van der Waals surface area contributed by atoms with E-state index in [2.05, 4.69) is 32.0 Å². The largest absolute Gasteiger partial charge is 0.389 e. The van der Waals surface area contributed by atoms with E-state index in [1.54, 1.807) is 11.8 Å². The zero-order chi connectivity index (χ0) is 12.2. The molecule has 90 valence electrons. The zero-order valence-corrected chi connectivity index (χ0v) is 11.5. The van der Waals surface area contributed by atoms with Gasteiger partial charge in [-0.15, -0.1) is 0 Å². The zero-order valence-electron chi connectivity index (χ0n) is 10.7. The van der Waals surface area contributed by atoms with Crippen LogP contribution in [0.2, 0.25) is 0 Å². The third-order valence-electron chi connectivity index (χ3n) is 2.72. The molecule has 1 unspecified atom stereocenters. The van der Waals surface area contributed by atoms with Gasteiger partial charge >= 0.3 is 0 Å². The molecule has 0 saturated heterocycles. The number of aryl methyl sites for hydroxylation is 2. The van der Waals surface area contributed by atoms with Crippen LogP contribution >= 0.6 is 11.8 Å². The molecule has 0 fully saturated rings. The molecule has 0 spiro atoms. The first kappa shape index (κ1) is 13.6. The Morgan fingerprint density at radius 2 is 1.75 bits per heavy atom. The molecule has 0 aliphatic rings. The molecule has 2 heteroatoms. The number of thioether (sulfide) groups is 1. The maximum Gasteiger partial charge on any atom is 0.0707 e. The van der Waals surface area contributed by atoms with Crippen LogP contribution in [0, 0.1) is 13.8 Å². The lowest BCUT2D eigenvalue weighted by atomic mass is 10.1. The summed E-state index contributed by atoms with van der Waals surface area (Å²) >= 11 is 1.81. The Kier molecular flexibility index (Phi) is 4.88. The normalized spacial score (nSPS) is 14.8. The Balaban J connectivity index is 2.49. The quantitative estimate of drug-likeness (QED) is 0.844. The van der Waals surface area contributed by atoms with Gasteiger partial charge in [-0.3, -0.25) is 0 Å². The van der Waals surface area contributed by atoms with E-state index in [1.807, 2.05) is 13.8 Å². The molecule has 0 radical (unpaired) electrons. The summed E-state index contributed by atoms with van der Waals surface area (Å²) in [7, 11) is 0. The van der Waals surface area contributed by atoms with Gasteiger partial charge in [-0.05, 0) is 32.8 Å². The van der Waals surface area contributed by atoms with E-state index in [0.717, 1.165) is 17.9 Å². The first-order valence-electron chi connectivity index (χ1n) is 5.80. The predicted octanol–water partition coefficient (Wildman–Crippen LogP) is 3.70. The predicted molar refractivity (Wildman–Crippen MR) is 73.0 cm³/mol. The van der Waals surface area contributed by atoms with Gasteiger partial charge in [-0.1, -0.05) is 36.2 Å².